The Morgan fingerprint density at radius 1 is 1.24 bits per heavy atom. The number of hydrogen-bond acceptors (Lipinski definition) is 3. The summed E-state index contributed by atoms with van der Waals surface area (Å²) in [6.45, 7) is 1.88. The normalized spacial score (nSPS) is 12.0. The standard InChI is InChI=1S/C14H11BrCl2N2O2/c1-8(11-4-3-10(16)7-12(11)17)18-13-5-2-9(15)6-14(13)19(20)21/h2-8,18H,1H3. The first-order valence-corrected chi connectivity index (χ1v) is 7.59. The van der Waals surface area contributed by atoms with Gasteiger partial charge in [0.05, 0.1) is 11.0 Å². The lowest BCUT2D eigenvalue weighted by Crippen LogP contribution is -2.09. The van der Waals surface area contributed by atoms with Crippen LogP contribution in [0.3, 0.4) is 0 Å². The minimum Gasteiger partial charge on any atom is -0.373 e. The summed E-state index contributed by atoms with van der Waals surface area (Å²) in [6.07, 6.45) is 0. The zero-order valence-electron chi connectivity index (χ0n) is 10.9. The molecule has 0 saturated heterocycles. The van der Waals surface area contributed by atoms with Crippen LogP contribution in [0.4, 0.5) is 11.4 Å². The Bertz CT molecular complexity index is 695. The summed E-state index contributed by atoms with van der Waals surface area (Å²) in [4.78, 5) is 10.7. The summed E-state index contributed by atoms with van der Waals surface area (Å²) in [5, 5.41) is 15.3. The number of nitro benzene ring substituents is 1. The number of rotatable bonds is 4. The summed E-state index contributed by atoms with van der Waals surface area (Å²) >= 11 is 15.2. The van der Waals surface area contributed by atoms with E-state index in [9.17, 15) is 10.1 Å². The molecule has 4 nitrogen and oxygen atoms in total. The molecule has 2 aromatic rings. The van der Waals surface area contributed by atoms with Gasteiger partial charge in [-0.2, -0.15) is 0 Å². The first kappa shape index (κ1) is 16.1. The Balaban J connectivity index is 2.31. The molecule has 1 N–H and O–H groups in total. The SMILES string of the molecule is CC(Nc1ccc(Br)cc1[N+](=O)[O-])c1ccc(Cl)cc1Cl. The van der Waals surface area contributed by atoms with E-state index in [1.807, 2.05) is 6.92 Å². The van der Waals surface area contributed by atoms with Crippen molar-refractivity contribution in [3.05, 3.63) is 66.6 Å². The highest BCUT2D eigenvalue weighted by molar-refractivity contribution is 9.10. The van der Waals surface area contributed by atoms with Crippen LogP contribution < -0.4 is 5.32 Å². The molecule has 0 amide bonds. The minimum absolute atomic E-state index is 0.00121. The number of halogens is 3. The number of benzene rings is 2. The summed E-state index contributed by atoms with van der Waals surface area (Å²) < 4.78 is 0.650. The minimum atomic E-state index is -0.427. The first-order valence-electron chi connectivity index (χ1n) is 6.04. The van der Waals surface area contributed by atoms with E-state index in [2.05, 4.69) is 21.2 Å². The van der Waals surface area contributed by atoms with Crippen molar-refractivity contribution in [1.82, 2.24) is 0 Å². The van der Waals surface area contributed by atoms with Crippen LogP contribution in [0.25, 0.3) is 0 Å². The monoisotopic (exact) mass is 388 g/mol. The second-order valence-corrected chi connectivity index (χ2v) is 6.21. The molecule has 0 aliphatic carbocycles. The fourth-order valence-corrected chi connectivity index (χ4v) is 2.86. The van der Waals surface area contributed by atoms with Gasteiger partial charge in [-0.3, -0.25) is 10.1 Å². The van der Waals surface area contributed by atoms with Gasteiger partial charge in [-0.25, -0.2) is 0 Å². The second-order valence-electron chi connectivity index (χ2n) is 4.45. The maximum absolute atomic E-state index is 11.1. The van der Waals surface area contributed by atoms with Crippen LogP contribution in [0.1, 0.15) is 18.5 Å². The Hall–Kier alpha value is -1.30. The van der Waals surface area contributed by atoms with Crippen molar-refractivity contribution < 1.29 is 4.92 Å². The van der Waals surface area contributed by atoms with E-state index in [4.69, 9.17) is 23.2 Å². The van der Waals surface area contributed by atoms with Crippen LogP contribution in [0, 0.1) is 10.1 Å². The van der Waals surface area contributed by atoms with Crippen molar-refractivity contribution in [2.75, 3.05) is 5.32 Å². The van der Waals surface area contributed by atoms with Crippen molar-refractivity contribution >= 4 is 50.5 Å². The molecule has 0 saturated carbocycles. The number of hydrogen-bond donors (Lipinski definition) is 1. The Morgan fingerprint density at radius 3 is 2.57 bits per heavy atom. The molecule has 0 bridgehead atoms. The van der Waals surface area contributed by atoms with Gasteiger partial charge in [0.15, 0.2) is 0 Å². The van der Waals surface area contributed by atoms with E-state index in [-0.39, 0.29) is 11.7 Å². The molecule has 1 unspecified atom stereocenters. The average molecular weight is 390 g/mol. The Morgan fingerprint density at radius 2 is 1.95 bits per heavy atom. The zero-order chi connectivity index (χ0) is 15.6. The molecule has 2 aromatic carbocycles. The van der Waals surface area contributed by atoms with E-state index >= 15 is 0 Å². The summed E-state index contributed by atoms with van der Waals surface area (Å²) in [5.74, 6) is 0. The quantitative estimate of drug-likeness (QED) is 0.528. The molecule has 7 heteroatoms. The molecule has 0 spiro atoms. The predicted molar refractivity (Wildman–Crippen MR) is 89.3 cm³/mol. The first-order chi connectivity index (χ1) is 9.88. The topological polar surface area (TPSA) is 55.2 Å². The van der Waals surface area contributed by atoms with Gasteiger partial charge in [-0.15, -0.1) is 0 Å². The lowest BCUT2D eigenvalue weighted by atomic mass is 10.1. The summed E-state index contributed by atoms with van der Waals surface area (Å²) in [5.41, 5.74) is 1.25. The Labute approximate surface area is 140 Å². The Kier molecular flexibility index (Phi) is 5.08. The van der Waals surface area contributed by atoms with Crippen molar-refractivity contribution in [3.63, 3.8) is 0 Å². The lowest BCUT2D eigenvalue weighted by molar-refractivity contribution is -0.384. The summed E-state index contributed by atoms with van der Waals surface area (Å²) in [6, 6.07) is 9.83. The van der Waals surface area contributed by atoms with Crippen LogP contribution in [0.2, 0.25) is 10.0 Å². The molecule has 0 heterocycles. The van der Waals surface area contributed by atoms with Gasteiger partial charge in [0, 0.05) is 20.6 Å². The van der Waals surface area contributed by atoms with Gasteiger partial charge in [-0.05, 0) is 36.8 Å². The fraction of sp³-hybridized carbons (Fsp3) is 0.143. The van der Waals surface area contributed by atoms with E-state index in [1.165, 1.54) is 6.07 Å². The third kappa shape index (κ3) is 3.87. The van der Waals surface area contributed by atoms with E-state index in [1.54, 1.807) is 30.3 Å². The van der Waals surface area contributed by atoms with Crippen molar-refractivity contribution in [1.29, 1.82) is 0 Å². The molecular formula is C14H11BrCl2N2O2. The smallest absolute Gasteiger partial charge is 0.293 e. The third-order valence-corrected chi connectivity index (χ3v) is 4.01. The average Bonchev–Trinajstić information content (AvgIpc) is 2.40. The highest BCUT2D eigenvalue weighted by Gasteiger charge is 2.17. The molecule has 110 valence electrons. The molecule has 2 rings (SSSR count). The molecule has 0 aliphatic rings. The van der Waals surface area contributed by atoms with Crippen molar-refractivity contribution in [2.45, 2.75) is 13.0 Å². The fourth-order valence-electron chi connectivity index (χ4n) is 1.94. The zero-order valence-corrected chi connectivity index (χ0v) is 14.0. The predicted octanol–water partition coefficient (Wildman–Crippen LogP) is 5.84. The third-order valence-electron chi connectivity index (χ3n) is 2.96. The van der Waals surface area contributed by atoms with Crippen molar-refractivity contribution in [3.8, 4) is 0 Å². The number of anilines is 1. The molecular weight excluding hydrogens is 379 g/mol. The molecule has 1 atom stereocenters. The van der Waals surface area contributed by atoms with E-state index < -0.39 is 4.92 Å². The summed E-state index contributed by atoms with van der Waals surface area (Å²) in [7, 11) is 0. The molecule has 0 aromatic heterocycles. The maximum Gasteiger partial charge on any atom is 0.293 e. The number of nitro groups is 1. The van der Waals surface area contributed by atoms with Crippen LogP contribution >= 0.6 is 39.1 Å². The molecule has 0 fully saturated rings. The molecule has 0 radical (unpaired) electrons. The van der Waals surface area contributed by atoms with Crippen molar-refractivity contribution in [2.24, 2.45) is 0 Å². The van der Waals surface area contributed by atoms with Gasteiger partial charge in [0.1, 0.15) is 5.69 Å². The lowest BCUT2D eigenvalue weighted by Gasteiger charge is -2.17. The van der Waals surface area contributed by atoms with Crippen LogP contribution in [0.5, 0.6) is 0 Å². The number of nitrogens with one attached hydrogen (secondary N) is 1. The van der Waals surface area contributed by atoms with Crippen LogP contribution in [0.15, 0.2) is 40.9 Å². The highest BCUT2D eigenvalue weighted by Crippen LogP contribution is 2.33. The van der Waals surface area contributed by atoms with Crippen LogP contribution in [-0.4, -0.2) is 4.92 Å². The van der Waals surface area contributed by atoms with E-state index in [0.29, 0.717) is 20.2 Å². The van der Waals surface area contributed by atoms with Gasteiger partial charge >= 0.3 is 0 Å². The second kappa shape index (κ2) is 6.64. The van der Waals surface area contributed by atoms with Gasteiger partial charge < -0.3 is 5.32 Å². The van der Waals surface area contributed by atoms with Gasteiger partial charge in [0.2, 0.25) is 0 Å². The van der Waals surface area contributed by atoms with Gasteiger partial charge in [-0.1, -0.05) is 45.2 Å². The van der Waals surface area contributed by atoms with E-state index in [0.717, 1.165) is 5.56 Å². The van der Waals surface area contributed by atoms with Gasteiger partial charge in [0.25, 0.3) is 5.69 Å². The highest BCUT2D eigenvalue weighted by atomic mass is 79.9. The van der Waals surface area contributed by atoms with Crippen LogP contribution in [-0.2, 0) is 0 Å². The number of nitrogens with zero attached hydrogens (tertiary/aromatic N) is 1. The largest absolute Gasteiger partial charge is 0.373 e. The maximum atomic E-state index is 11.1. The molecule has 21 heavy (non-hydrogen) atoms. The molecule has 0 aliphatic heterocycles.